The first kappa shape index (κ1) is 14.2. The summed E-state index contributed by atoms with van der Waals surface area (Å²) >= 11 is 0. The van der Waals surface area contributed by atoms with E-state index in [2.05, 4.69) is 11.7 Å². The van der Waals surface area contributed by atoms with Crippen LogP contribution in [0, 0.1) is 11.3 Å². The van der Waals surface area contributed by atoms with Crippen molar-refractivity contribution in [2.75, 3.05) is 0 Å². The number of hydrogen-bond donors (Lipinski definition) is 1. The van der Waals surface area contributed by atoms with Gasteiger partial charge in [-0.2, -0.15) is 10.4 Å². The molecule has 0 saturated carbocycles. The lowest BCUT2D eigenvalue weighted by atomic mass is 9.97. The van der Waals surface area contributed by atoms with E-state index in [9.17, 15) is 5.11 Å². The SMILES string of the molecule is C=C(C#N)CC(O)/C(C)=C(/C)c1cnn(CC)c1. The number of rotatable bonds is 5. The fourth-order valence-corrected chi connectivity index (χ4v) is 1.64. The van der Waals surface area contributed by atoms with Crippen LogP contribution in [0.2, 0.25) is 0 Å². The Balaban J connectivity index is 2.90. The summed E-state index contributed by atoms with van der Waals surface area (Å²) in [6.07, 6.45) is 3.35. The van der Waals surface area contributed by atoms with Crippen molar-refractivity contribution in [3.05, 3.63) is 35.7 Å². The van der Waals surface area contributed by atoms with E-state index in [0.29, 0.717) is 5.57 Å². The third-order valence-corrected chi connectivity index (χ3v) is 3.08. The quantitative estimate of drug-likeness (QED) is 0.811. The highest BCUT2D eigenvalue weighted by molar-refractivity contribution is 5.66. The van der Waals surface area contributed by atoms with Crippen molar-refractivity contribution < 1.29 is 5.11 Å². The molecule has 1 atom stereocenters. The summed E-state index contributed by atoms with van der Waals surface area (Å²) in [6, 6.07) is 1.95. The maximum Gasteiger partial charge on any atom is 0.0941 e. The molecule has 0 bridgehead atoms. The lowest BCUT2D eigenvalue weighted by Gasteiger charge is -2.13. The number of nitriles is 1. The highest BCUT2D eigenvalue weighted by Gasteiger charge is 2.12. The second-order valence-corrected chi connectivity index (χ2v) is 4.33. The summed E-state index contributed by atoms with van der Waals surface area (Å²) in [6.45, 7) is 10.2. The molecular formula is C14H19N3O. The molecular weight excluding hydrogens is 226 g/mol. The van der Waals surface area contributed by atoms with Gasteiger partial charge in [-0.3, -0.25) is 4.68 Å². The van der Waals surface area contributed by atoms with Crippen molar-refractivity contribution in [1.29, 1.82) is 5.26 Å². The summed E-state index contributed by atoms with van der Waals surface area (Å²) in [7, 11) is 0. The highest BCUT2D eigenvalue weighted by Crippen LogP contribution is 2.22. The average molecular weight is 245 g/mol. The van der Waals surface area contributed by atoms with E-state index in [4.69, 9.17) is 5.26 Å². The number of aliphatic hydroxyl groups excluding tert-OH is 1. The minimum absolute atomic E-state index is 0.279. The number of aromatic nitrogens is 2. The Morgan fingerprint density at radius 2 is 2.28 bits per heavy atom. The topological polar surface area (TPSA) is 61.8 Å². The Bertz CT molecular complexity index is 505. The third kappa shape index (κ3) is 3.31. The zero-order valence-electron chi connectivity index (χ0n) is 11.1. The zero-order chi connectivity index (χ0) is 13.7. The van der Waals surface area contributed by atoms with E-state index in [0.717, 1.165) is 23.3 Å². The molecule has 1 aromatic heterocycles. The first-order chi connectivity index (χ1) is 8.49. The maximum absolute atomic E-state index is 10.0. The molecule has 0 amide bonds. The predicted octanol–water partition coefficient (Wildman–Crippen LogP) is 2.53. The normalized spacial score (nSPS) is 13.7. The fourth-order valence-electron chi connectivity index (χ4n) is 1.64. The minimum Gasteiger partial charge on any atom is -0.388 e. The van der Waals surface area contributed by atoms with Crippen LogP contribution < -0.4 is 0 Å². The monoisotopic (exact) mass is 245 g/mol. The van der Waals surface area contributed by atoms with Crippen molar-refractivity contribution in [3.63, 3.8) is 0 Å². The standard InChI is InChI=1S/C14H19N3O/c1-5-17-9-13(8-16-17)11(3)12(4)14(18)6-10(2)7-15/h8-9,14,18H,2,5-6H2,1,3-4H3/b12-11-. The van der Waals surface area contributed by atoms with Gasteiger partial charge in [-0.1, -0.05) is 6.58 Å². The van der Waals surface area contributed by atoms with Gasteiger partial charge in [-0.05, 0) is 31.9 Å². The van der Waals surface area contributed by atoms with Crippen molar-refractivity contribution in [2.45, 2.75) is 39.8 Å². The molecule has 0 aliphatic rings. The predicted molar refractivity (Wildman–Crippen MR) is 71.5 cm³/mol. The smallest absolute Gasteiger partial charge is 0.0941 e. The zero-order valence-corrected chi connectivity index (χ0v) is 11.1. The van der Waals surface area contributed by atoms with Gasteiger partial charge in [-0.15, -0.1) is 0 Å². The molecule has 18 heavy (non-hydrogen) atoms. The van der Waals surface area contributed by atoms with E-state index in [1.54, 1.807) is 6.20 Å². The Morgan fingerprint density at radius 3 is 2.78 bits per heavy atom. The van der Waals surface area contributed by atoms with E-state index >= 15 is 0 Å². The Morgan fingerprint density at radius 1 is 1.61 bits per heavy atom. The minimum atomic E-state index is -0.665. The number of aliphatic hydroxyl groups is 1. The maximum atomic E-state index is 10.0. The van der Waals surface area contributed by atoms with Gasteiger partial charge in [0.25, 0.3) is 0 Å². The Labute approximate surface area is 108 Å². The molecule has 0 aliphatic heterocycles. The number of aryl methyl sites for hydroxylation is 1. The van der Waals surface area contributed by atoms with Gasteiger partial charge >= 0.3 is 0 Å². The largest absolute Gasteiger partial charge is 0.388 e. The molecule has 1 heterocycles. The molecule has 1 rings (SSSR count). The summed E-state index contributed by atoms with van der Waals surface area (Å²) in [4.78, 5) is 0. The molecule has 4 heteroatoms. The molecule has 0 radical (unpaired) electrons. The highest BCUT2D eigenvalue weighted by atomic mass is 16.3. The molecule has 0 aliphatic carbocycles. The second kappa shape index (κ2) is 6.18. The lowest BCUT2D eigenvalue weighted by molar-refractivity contribution is 0.213. The molecule has 0 spiro atoms. The van der Waals surface area contributed by atoms with Crippen LogP contribution in [0.4, 0.5) is 0 Å². The summed E-state index contributed by atoms with van der Waals surface area (Å²) in [5.74, 6) is 0. The van der Waals surface area contributed by atoms with E-state index in [1.165, 1.54) is 0 Å². The number of nitrogens with zero attached hydrogens (tertiary/aromatic N) is 3. The van der Waals surface area contributed by atoms with Crippen LogP contribution in [0.3, 0.4) is 0 Å². The van der Waals surface area contributed by atoms with Gasteiger partial charge < -0.3 is 5.11 Å². The molecule has 0 aromatic carbocycles. The van der Waals surface area contributed by atoms with E-state index in [-0.39, 0.29) is 6.42 Å². The average Bonchev–Trinajstić information content (AvgIpc) is 2.85. The fraction of sp³-hybridized carbons (Fsp3) is 0.429. The second-order valence-electron chi connectivity index (χ2n) is 4.33. The van der Waals surface area contributed by atoms with Crippen LogP contribution in [0.5, 0.6) is 0 Å². The van der Waals surface area contributed by atoms with Crippen molar-refractivity contribution in [3.8, 4) is 6.07 Å². The Kier molecular flexibility index (Phi) is 4.87. The van der Waals surface area contributed by atoms with Gasteiger partial charge in [0.15, 0.2) is 0 Å². The lowest BCUT2D eigenvalue weighted by Crippen LogP contribution is -2.10. The van der Waals surface area contributed by atoms with Crippen molar-refractivity contribution >= 4 is 5.57 Å². The Hall–Kier alpha value is -1.86. The van der Waals surface area contributed by atoms with E-state index in [1.807, 2.05) is 37.7 Å². The van der Waals surface area contributed by atoms with E-state index < -0.39 is 6.10 Å². The van der Waals surface area contributed by atoms with Gasteiger partial charge in [0.05, 0.1) is 18.4 Å². The summed E-state index contributed by atoms with van der Waals surface area (Å²) < 4.78 is 1.84. The van der Waals surface area contributed by atoms with Crippen LogP contribution in [-0.2, 0) is 6.54 Å². The summed E-state index contributed by atoms with van der Waals surface area (Å²) in [5, 5.41) is 22.9. The van der Waals surface area contributed by atoms with Crippen molar-refractivity contribution in [2.24, 2.45) is 0 Å². The molecule has 1 unspecified atom stereocenters. The van der Waals surface area contributed by atoms with Gasteiger partial charge in [0.2, 0.25) is 0 Å². The molecule has 1 aromatic rings. The first-order valence-electron chi connectivity index (χ1n) is 5.95. The van der Waals surface area contributed by atoms with Gasteiger partial charge in [0.1, 0.15) is 0 Å². The number of allylic oxidation sites excluding steroid dienone is 1. The van der Waals surface area contributed by atoms with Gasteiger partial charge in [-0.25, -0.2) is 0 Å². The van der Waals surface area contributed by atoms with Crippen LogP contribution in [0.1, 0.15) is 32.8 Å². The summed E-state index contributed by atoms with van der Waals surface area (Å²) in [5.41, 5.74) is 3.23. The molecule has 96 valence electrons. The van der Waals surface area contributed by atoms with Crippen LogP contribution in [0.15, 0.2) is 30.1 Å². The van der Waals surface area contributed by atoms with Crippen LogP contribution in [0.25, 0.3) is 5.57 Å². The molecule has 0 saturated heterocycles. The number of hydrogen-bond acceptors (Lipinski definition) is 3. The van der Waals surface area contributed by atoms with Gasteiger partial charge in [0, 0.05) is 30.3 Å². The third-order valence-electron chi connectivity index (χ3n) is 3.08. The van der Waals surface area contributed by atoms with Crippen LogP contribution in [-0.4, -0.2) is 21.0 Å². The molecule has 4 nitrogen and oxygen atoms in total. The van der Waals surface area contributed by atoms with Crippen molar-refractivity contribution in [1.82, 2.24) is 9.78 Å². The first-order valence-corrected chi connectivity index (χ1v) is 5.95. The molecule has 1 N–H and O–H groups in total. The van der Waals surface area contributed by atoms with Crippen LogP contribution >= 0.6 is 0 Å². The molecule has 0 fully saturated rings.